The molecule has 0 unspecified atom stereocenters. The Morgan fingerprint density at radius 1 is 0.923 bits per heavy atom. The third-order valence-electron chi connectivity index (χ3n) is 6.49. The number of aromatic amines is 1. The molecule has 0 saturated carbocycles. The minimum absolute atomic E-state index is 0.153. The smallest absolute Gasteiger partial charge is 0.322 e. The maximum Gasteiger partial charge on any atom is 0.322 e. The summed E-state index contributed by atoms with van der Waals surface area (Å²) < 4.78 is 24.1. The fourth-order valence-corrected chi connectivity index (χ4v) is 4.36. The molecule has 0 fully saturated rings. The summed E-state index contributed by atoms with van der Waals surface area (Å²) in [6.45, 7) is 1.04. The molecule has 3 amide bonds. The number of halogens is 1. The van der Waals surface area contributed by atoms with E-state index >= 15 is 0 Å². The monoisotopic (exact) mass is 532 g/mol. The second kappa shape index (κ2) is 13.4. The molecule has 0 atom stereocenters. The first-order valence-electron chi connectivity index (χ1n) is 12.7. The van der Waals surface area contributed by atoms with E-state index in [0.29, 0.717) is 24.4 Å². The van der Waals surface area contributed by atoms with Crippen LogP contribution in [0.2, 0.25) is 0 Å². The third-order valence-corrected chi connectivity index (χ3v) is 6.49. The molecule has 0 aliphatic carbocycles. The van der Waals surface area contributed by atoms with Crippen LogP contribution in [-0.4, -0.2) is 67.2 Å². The Morgan fingerprint density at radius 3 is 2.44 bits per heavy atom. The first-order chi connectivity index (χ1) is 19.0. The zero-order chi connectivity index (χ0) is 27.6. The van der Waals surface area contributed by atoms with Gasteiger partial charge in [-0.15, -0.1) is 0 Å². The molecule has 1 aromatic heterocycles. The number of methoxy groups -OCH3 is 2. The van der Waals surface area contributed by atoms with Gasteiger partial charge in [-0.3, -0.25) is 4.79 Å². The van der Waals surface area contributed by atoms with Crippen LogP contribution >= 0.6 is 0 Å². The second-order valence-electron chi connectivity index (χ2n) is 9.10. The van der Waals surface area contributed by atoms with Crippen molar-refractivity contribution in [2.75, 3.05) is 45.8 Å². The number of carbonyl (C=O) groups excluding carboxylic acids is 2. The van der Waals surface area contributed by atoms with Crippen molar-refractivity contribution in [3.8, 4) is 5.75 Å². The molecule has 3 aromatic carbocycles. The summed E-state index contributed by atoms with van der Waals surface area (Å²) in [5.41, 5.74) is 3.42. The number of carbonyl (C=O) groups is 2. The predicted molar refractivity (Wildman–Crippen MR) is 149 cm³/mol. The molecule has 9 heteroatoms. The highest BCUT2D eigenvalue weighted by molar-refractivity contribution is 5.93. The van der Waals surface area contributed by atoms with Crippen LogP contribution in [0, 0.1) is 5.82 Å². The van der Waals surface area contributed by atoms with Gasteiger partial charge in [-0.1, -0.05) is 42.5 Å². The van der Waals surface area contributed by atoms with Crippen molar-refractivity contribution in [3.63, 3.8) is 0 Å². The number of urea groups is 1. The number of para-hydroxylation sites is 3. The van der Waals surface area contributed by atoms with E-state index in [1.807, 2.05) is 36.5 Å². The van der Waals surface area contributed by atoms with Crippen LogP contribution in [0.15, 0.2) is 79.0 Å². The molecule has 0 bridgehead atoms. The van der Waals surface area contributed by atoms with Gasteiger partial charge in [0.05, 0.1) is 19.4 Å². The van der Waals surface area contributed by atoms with Gasteiger partial charge in [0.15, 0.2) is 0 Å². The Kier molecular flexibility index (Phi) is 9.53. The minimum atomic E-state index is -0.441. The summed E-state index contributed by atoms with van der Waals surface area (Å²) in [6.07, 6.45) is 2.57. The van der Waals surface area contributed by atoms with Gasteiger partial charge in [-0.25, -0.2) is 9.18 Å². The van der Waals surface area contributed by atoms with Gasteiger partial charge in [-0.2, -0.15) is 0 Å². The average molecular weight is 533 g/mol. The maximum absolute atomic E-state index is 13.6. The highest BCUT2D eigenvalue weighted by atomic mass is 19.1. The van der Waals surface area contributed by atoms with Gasteiger partial charge in [0, 0.05) is 43.8 Å². The number of anilines is 1. The second-order valence-corrected chi connectivity index (χ2v) is 9.10. The molecule has 39 heavy (non-hydrogen) atoms. The van der Waals surface area contributed by atoms with Crippen LogP contribution in [0.1, 0.15) is 11.1 Å². The Balaban J connectivity index is 1.51. The van der Waals surface area contributed by atoms with Crippen LogP contribution in [0.25, 0.3) is 10.9 Å². The van der Waals surface area contributed by atoms with Crippen molar-refractivity contribution >= 4 is 28.5 Å². The molecule has 8 nitrogen and oxygen atoms in total. The van der Waals surface area contributed by atoms with Gasteiger partial charge < -0.3 is 29.6 Å². The van der Waals surface area contributed by atoms with E-state index in [9.17, 15) is 14.0 Å². The number of aromatic nitrogens is 1. The zero-order valence-electron chi connectivity index (χ0n) is 22.2. The van der Waals surface area contributed by atoms with E-state index in [0.717, 1.165) is 22.0 Å². The first kappa shape index (κ1) is 27.7. The molecule has 0 saturated heterocycles. The summed E-state index contributed by atoms with van der Waals surface area (Å²) in [6, 6.07) is 20.7. The van der Waals surface area contributed by atoms with Gasteiger partial charge in [0.25, 0.3) is 0 Å². The predicted octanol–water partition coefficient (Wildman–Crippen LogP) is 5.07. The van der Waals surface area contributed by atoms with Crippen LogP contribution in [0.5, 0.6) is 5.75 Å². The van der Waals surface area contributed by atoms with E-state index in [4.69, 9.17) is 9.47 Å². The van der Waals surface area contributed by atoms with Crippen molar-refractivity contribution < 1.29 is 23.5 Å². The van der Waals surface area contributed by atoms with E-state index in [1.165, 1.54) is 24.1 Å². The summed E-state index contributed by atoms with van der Waals surface area (Å²) in [4.78, 5) is 33.3. The lowest BCUT2D eigenvalue weighted by Crippen LogP contribution is -2.46. The normalized spacial score (nSPS) is 10.8. The Labute approximate surface area is 227 Å². The molecular weight excluding hydrogens is 499 g/mol. The Morgan fingerprint density at radius 2 is 1.67 bits per heavy atom. The van der Waals surface area contributed by atoms with Gasteiger partial charge in [0.1, 0.15) is 18.1 Å². The SMILES string of the molecule is COCCN(CC(=O)N(CCc1c[nH]c2ccccc12)Cc1ccc(F)cc1)C(=O)Nc1ccccc1OC. The molecule has 1 heterocycles. The number of rotatable bonds is 12. The molecular formula is C30H33FN4O4. The van der Waals surface area contributed by atoms with Crippen LogP contribution in [0.4, 0.5) is 14.9 Å². The third kappa shape index (κ3) is 7.36. The van der Waals surface area contributed by atoms with Crippen LogP contribution in [0.3, 0.4) is 0 Å². The molecule has 0 spiro atoms. The van der Waals surface area contributed by atoms with Gasteiger partial charge in [0.2, 0.25) is 5.91 Å². The van der Waals surface area contributed by atoms with E-state index in [-0.39, 0.29) is 38.0 Å². The maximum atomic E-state index is 13.6. The van der Waals surface area contributed by atoms with Gasteiger partial charge in [-0.05, 0) is 47.9 Å². The summed E-state index contributed by atoms with van der Waals surface area (Å²) in [7, 11) is 3.07. The summed E-state index contributed by atoms with van der Waals surface area (Å²) in [5, 5.41) is 3.94. The van der Waals surface area contributed by atoms with Crippen molar-refractivity contribution in [3.05, 3.63) is 95.9 Å². The number of amides is 3. The molecule has 0 radical (unpaired) electrons. The van der Waals surface area contributed by atoms with E-state index < -0.39 is 6.03 Å². The average Bonchev–Trinajstić information content (AvgIpc) is 3.37. The molecule has 0 aliphatic heterocycles. The lowest BCUT2D eigenvalue weighted by Gasteiger charge is -2.28. The van der Waals surface area contributed by atoms with Crippen molar-refractivity contribution in [1.82, 2.24) is 14.8 Å². The number of ether oxygens (including phenoxy) is 2. The lowest BCUT2D eigenvalue weighted by molar-refractivity contribution is -0.132. The highest BCUT2D eigenvalue weighted by Gasteiger charge is 2.23. The standard InChI is InChI=1S/C30H33FN4O4/c1-38-18-17-35(30(37)33-27-9-5-6-10-28(27)39-2)21-29(36)34(20-22-11-13-24(31)14-12-22)16-15-23-19-32-26-8-4-3-7-25(23)26/h3-14,19,32H,15-18,20-21H2,1-2H3,(H,33,37). The molecule has 4 rings (SSSR count). The molecule has 4 aromatic rings. The number of fused-ring (bicyclic) bond motifs is 1. The largest absolute Gasteiger partial charge is 0.495 e. The fourth-order valence-electron chi connectivity index (χ4n) is 4.36. The number of H-pyrrole nitrogens is 1. The molecule has 2 N–H and O–H groups in total. The Bertz CT molecular complexity index is 1390. The van der Waals surface area contributed by atoms with Crippen molar-refractivity contribution in [2.45, 2.75) is 13.0 Å². The van der Waals surface area contributed by atoms with Crippen molar-refractivity contribution in [2.24, 2.45) is 0 Å². The number of benzene rings is 3. The molecule has 204 valence electrons. The van der Waals surface area contributed by atoms with Crippen LogP contribution in [-0.2, 0) is 22.5 Å². The van der Waals surface area contributed by atoms with Crippen LogP contribution < -0.4 is 10.1 Å². The van der Waals surface area contributed by atoms with Crippen molar-refractivity contribution in [1.29, 1.82) is 0 Å². The van der Waals surface area contributed by atoms with Gasteiger partial charge >= 0.3 is 6.03 Å². The Hall–Kier alpha value is -4.37. The fraction of sp³-hybridized carbons (Fsp3) is 0.267. The number of nitrogens with one attached hydrogen (secondary N) is 2. The number of hydrogen-bond acceptors (Lipinski definition) is 4. The minimum Gasteiger partial charge on any atom is -0.495 e. The lowest BCUT2D eigenvalue weighted by atomic mass is 10.1. The number of hydrogen-bond donors (Lipinski definition) is 2. The van der Waals surface area contributed by atoms with E-state index in [2.05, 4.69) is 10.3 Å². The quantitative estimate of drug-likeness (QED) is 0.267. The summed E-state index contributed by atoms with van der Waals surface area (Å²) >= 11 is 0. The van der Waals surface area contributed by atoms with E-state index in [1.54, 1.807) is 42.3 Å². The first-order valence-corrected chi connectivity index (χ1v) is 12.7. The number of nitrogens with zero attached hydrogens (tertiary/aromatic N) is 2. The summed E-state index contributed by atoms with van der Waals surface area (Å²) in [5.74, 6) is -0.0554. The topological polar surface area (TPSA) is 86.9 Å². The highest BCUT2D eigenvalue weighted by Crippen LogP contribution is 2.23. The molecule has 0 aliphatic rings. The zero-order valence-corrected chi connectivity index (χ0v) is 22.2.